The van der Waals surface area contributed by atoms with E-state index in [1.165, 1.54) is 0 Å². The van der Waals surface area contributed by atoms with Crippen LogP contribution in [0.5, 0.6) is 11.5 Å². The summed E-state index contributed by atoms with van der Waals surface area (Å²) in [6.07, 6.45) is 3.31. The Morgan fingerprint density at radius 1 is 0.914 bits per heavy atom. The third-order valence-electron chi connectivity index (χ3n) is 5.70. The molecule has 192 valence electrons. The Morgan fingerprint density at radius 2 is 1.57 bits per heavy atom. The van der Waals surface area contributed by atoms with Crippen LogP contribution < -0.4 is 9.47 Å². The van der Waals surface area contributed by atoms with Crippen LogP contribution in [-0.4, -0.2) is 54.5 Å². The summed E-state index contributed by atoms with van der Waals surface area (Å²) >= 11 is 0. The lowest BCUT2D eigenvalue weighted by atomic mass is 9.98. The Bertz CT molecular complexity index is 865. The number of carbonyl (C=O) groups excluding carboxylic acids is 1. The Hall–Kier alpha value is -3.06. The van der Waals surface area contributed by atoms with E-state index in [-0.39, 0.29) is 6.09 Å². The number of para-hydroxylation sites is 1. The minimum absolute atomic E-state index is 0.290. The fourth-order valence-corrected chi connectivity index (χ4v) is 3.99. The van der Waals surface area contributed by atoms with Crippen molar-refractivity contribution in [2.24, 2.45) is 5.92 Å². The lowest BCUT2D eigenvalue weighted by Gasteiger charge is -2.27. The predicted octanol–water partition coefficient (Wildman–Crippen LogP) is 5.82. The minimum Gasteiger partial charge on any atom is -0.492 e. The number of carboxylic acid groups (broad SMARTS) is 1. The molecular formula is C28H39NO6. The molecule has 0 fully saturated rings. The fraction of sp³-hybridized carbons (Fsp3) is 0.500. The molecule has 0 spiro atoms. The molecule has 2 aromatic carbocycles. The van der Waals surface area contributed by atoms with Crippen LogP contribution in [0, 0.1) is 5.92 Å². The van der Waals surface area contributed by atoms with Crippen molar-refractivity contribution in [1.29, 1.82) is 0 Å². The molecule has 0 heterocycles. The molecule has 1 atom stereocenters. The van der Waals surface area contributed by atoms with E-state index >= 15 is 0 Å². The Morgan fingerprint density at radius 3 is 2.14 bits per heavy atom. The van der Waals surface area contributed by atoms with E-state index in [1.807, 2.05) is 42.5 Å². The van der Waals surface area contributed by atoms with Gasteiger partial charge < -0.3 is 24.2 Å². The molecule has 2 aromatic rings. The largest absolute Gasteiger partial charge is 0.492 e. The molecular weight excluding hydrogens is 446 g/mol. The molecule has 0 aliphatic heterocycles. The molecule has 2 rings (SSSR count). The van der Waals surface area contributed by atoms with Gasteiger partial charge in [-0.25, -0.2) is 9.59 Å². The molecule has 1 amide bonds. The number of hydrogen-bond acceptors (Lipinski definition) is 5. The fourth-order valence-electron chi connectivity index (χ4n) is 3.99. The summed E-state index contributed by atoms with van der Waals surface area (Å²) in [5, 5.41) is 9.26. The van der Waals surface area contributed by atoms with Gasteiger partial charge in [0.2, 0.25) is 0 Å². The zero-order valence-electron chi connectivity index (χ0n) is 21.2. The summed E-state index contributed by atoms with van der Waals surface area (Å²) in [6, 6.07) is 16.4. The highest BCUT2D eigenvalue weighted by molar-refractivity contribution is 5.72. The maximum atomic E-state index is 12.9. The quantitative estimate of drug-likeness (QED) is 0.323. The van der Waals surface area contributed by atoms with Crippen LogP contribution >= 0.6 is 0 Å². The number of carbonyl (C=O) groups is 2. The first-order valence-electron chi connectivity index (χ1n) is 12.5. The van der Waals surface area contributed by atoms with Gasteiger partial charge in [0.15, 0.2) is 6.10 Å². The first-order valence-corrected chi connectivity index (χ1v) is 12.5. The second-order valence-corrected chi connectivity index (χ2v) is 8.55. The van der Waals surface area contributed by atoms with Crippen LogP contribution in [0.15, 0.2) is 54.6 Å². The number of aliphatic carboxylic acids is 1. The van der Waals surface area contributed by atoms with E-state index < -0.39 is 12.1 Å². The summed E-state index contributed by atoms with van der Waals surface area (Å²) < 4.78 is 16.8. The second-order valence-electron chi connectivity index (χ2n) is 8.55. The van der Waals surface area contributed by atoms with Gasteiger partial charge in [-0.2, -0.15) is 0 Å². The van der Waals surface area contributed by atoms with Crippen molar-refractivity contribution in [3.05, 3.63) is 60.2 Å². The summed E-state index contributed by atoms with van der Waals surface area (Å²) in [5.41, 5.74) is 0.855. The molecule has 1 unspecified atom stereocenters. The van der Waals surface area contributed by atoms with E-state index in [1.54, 1.807) is 24.0 Å². The van der Waals surface area contributed by atoms with Crippen LogP contribution in [0.3, 0.4) is 0 Å². The highest BCUT2D eigenvalue weighted by Crippen LogP contribution is 2.18. The van der Waals surface area contributed by atoms with Crippen molar-refractivity contribution in [3.63, 3.8) is 0 Å². The molecule has 35 heavy (non-hydrogen) atoms. The molecule has 1 N–H and O–H groups in total. The topological polar surface area (TPSA) is 85.3 Å². The summed E-state index contributed by atoms with van der Waals surface area (Å²) in [4.78, 5) is 26.0. The minimum atomic E-state index is -0.973. The maximum Gasteiger partial charge on any atom is 0.415 e. The normalized spacial score (nSPS) is 11.8. The standard InChI is InChI=1S/C28H39NO6/c1-4-10-23(11-5-2)21-29(28(32)35-25-12-8-7-9-13-25)18-19-34-24-16-14-22(15-17-24)20-26(27(30)31)33-6-3/h7-9,12-17,23,26H,4-6,10-11,18-21H2,1-3H3,(H,30,31). The molecule has 0 radical (unpaired) electrons. The molecule has 0 aliphatic rings. The average Bonchev–Trinajstić information content (AvgIpc) is 2.85. The molecule has 0 saturated heterocycles. The maximum absolute atomic E-state index is 12.9. The van der Waals surface area contributed by atoms with E-state index in [2.05, 4.69) is 13.8 Å². The van der Waals surface area contributed by atoms with E-state index in [4.69, 9.17) is 14.2 Å². The van der Waals surface area contributed by atoms with Crippen molar-refractivity contribution in [2.75, 3.05) is 26.3 Å². The molecule has 0 aromatic heterocycles. The first-order chi connectivity index (χ1) is 17.0. The number of rotatable bonds is 16. The lowest BCUT2D eigenvalue weighted by Crippen LogP contribution is -2.40. The Balaban J connectivity index is 1.97. The number of benzene rings is 2. The number of hydrogen-bond donors (Lipinski definition) is 1. The van der Waals surface area contributed by atoms with Crippen LogP contribution in [0.4, 0.5) is 4.79 Å². The zero-order valence-corrected chi connectivity index (χ0v) is 21.2. The highest BCUT2D eigenvalue weighted by Gasteiger charge is 2.21. The van der Waals surface area contributed by atoms with Crippen molar-refractivity contribution < 1.29 is 28.9 Å². The summed E-state index contributed by atoms with van der Waals surface area (Å²) in [7, 11) is 0. The van der Waals surface area contributed by atoms with Gasteiger partial charge in [0.1, 0.15) is 18.1 Å². The number of ether oxygens (including phenoxy) is 3. The summed E-state index contributed by atoms with van der Waals surface area (Å²) in [6.45, 7) is 7.80. The number of amides is 1. The van der Waals surface area contributed by atoms with Crippen LogP contribution in [0.25, 0.3) is 0 Å². The first kappa shape index (κ1) is 28.2. The predicted molar refractivity (Wildman–Crippen MR) is 136 cm³/mol. The molecule has 0 aliphatic carbocycles. The lowest BCUT2D eigenvalue weighted by molar-refractivity contribution is -0.149. The van der Waals surface area contributed by atoms with Gasteiger partial charge in [0, 0.05) is 19.6 Å². The monoisotopic (exact) mass is 485 g/mol. The van der Waals surface area contributed by atoms with Gasteiger partial charge >= 0.3 is 12.1 Å². The molecule has 7 heteroatoms. The third kappa shape index (κ3) is 10.4. The van der Waals surface area contributed by atoms with Gasteiger partial charge in [-0.1, -0.05) is 57.0 Å². The molecule has 7 nitrogen and oxygen atoms in total. The number of nitrogens with zero attached hydrogens (tertiary/aromatic N) is 1. The average molecular weight is 486 g/mol. The van der Waals surface area contributed by atoms with Crippen molar-refractivity contribution in [3.8, 4) is 11.5 Å². The van der Waals surface area contributed by atoms with Crippen molar-refractivity contribution >= 4 is 12.1 Å². The smallest absolute Gasteiger partial charge is 0.415 e. The van der Waals surface area contributed by atoms with E-state index in [0.717, 1.165) is 31.2 Å². The highest BCUT2D eigenvalue weighted by atomic mass is 16.6. The molecule has 0 saturated carbocycles. The molecule has 0 bridgehead atoms. The van der Waals surface area contributed by atoms with Crippen LogP contribution in [0.1, 0.15) is 52.0 Å². The Labute approximate surface area is 209 Å². The third-order valence-corrected chi connectivity index (χ3v) is 5.70. The number of carboxylic acids is 1. The second kappa shape index (κ2) is 15.8. The van der Waals surface area contributed by atoms with Gasteiger partial charge in [0.05, 0.1) is 6.54 Å². The zero-order chi connectivity index (χ0) is 25.5. The van der Waals surface area contributed by atoms with Gasteiger partial charge in [-0.15, -0.1) is 0 Å². The van der Waals surface area contributed by atoms with Gasteiger partial charge in [-0.05, 0) is 55.5 Å². The van der Waals surface area contributed by atoms with Crippen molar-refractivity contribution in [1.82, 2.24) is 4.90 Å². The SMILES string of the molecule is CCCC(CCC)CN(CCOc1ccc(CC(OCC)C(=O)O)cc1)C(=O)Oc1ccccc1. The van der Waals surface area contributed by atoms with Gasteiger partial charge in [0.25, 0.3) is 0 Å². The Kier molecular flexibility index (Phi) is 12.7. The van der Waals surface area contributed by atoms with E-state index in [9.17, 15) is 14.7 Å². The van der Waals surface area contributed by atoms with E-state index in [0.29, 0.717) is 50.1 Å². The van der Waals surface area contributed by atoms with Crippen LogP contribution in [0.2, 0.25) is 0 Å². The van der Waals surface area contributed by atoms with Gasteiger partial charge in [-0.3, -0.25) is 0 Å². The van der Waals surface area contributed by atoms with Crippen molar-refractivity contribution in [2.45, 2.75) is 59.0 Å². The van der Waals surface area contributed by atoms with Crippen LogP contribution in [-0.2, 0) is 16.0 Å². The summed E-state index contributed by atoms with van der Waals surface area (Å²) in [5.74, 6) is 0.625.